The van der Waals surface area contributed by atoms with Gasteiger partial charge in [0.2, 0.25) is 11.8 Å². The molecular weight excluding hydrogens is 314 g/mol. The van der Waals surface area contributed by atoms with E-state index in [9.17, 15) is 14.4 Å². The average Bonchev–Trinajstić information content (AvgIpc) is 3.09. The molecule has 4 nitrogen and oxygen atoms in total. The van der Waals surface area contributed by atoms with Gasteiger partial charge in [0.05, 0.1) is 23.1 Å². The van der Waals surface area contributed by atoms with Crippen LogP contribution in [0, 0.1) is 11.8 Å². The van der Waals surface area contributed by atoms with Crippen LogP contribution in [0.1, 0.15) is 41.6 Å². The second-order valence-electron chi connectivity index (χ2n) is 7.08. The number of nitrogens with zero attached hydrogens (tertiary/aromatic N) is 1. The third-order valence-corrected chi connectivity index (χ3v) is 5.81. The maximum absolute atomic E-state index is 12.9. The number of amides is 2. The van der Waals surface area contributed by atoms with E-state index in [1.807, 2.05) is 30.3 Å². The highest BCUT2D eigenvalue weighted by Gasteiger charge is 2.50. The van der Waals surface area contributed by atoms with Gasteiger partial charge in [0.15, 0.2) is 5.78 Å². The number of hydrogen-bond donors (Lipinski definition) is 0. The summed E-state index contributed by atoms with van der Waals surface area (Å²) < 4.78 is 0. The van der Waals surface area contributed by atoms with Gasteiger partial charge in [-0.05, 0) is 30.0 Å². The summed E-state index contributed by atoms with van der Waals surface area (Å²) in [5.74, 6) is -0.789. The van der Waals surface area contributed by atoms with Crippen molar-refractivity contribution < 1.29 is 14.4 Å². The maximum atomic E-state index is 12.9. The number of carbonyl (C=O) groups is 3. The number of fused-ring (bicyclic) bond motifs is 4. The Bertz CT molecular complexity index is 922. The molecule has 0 bridgehead atoms. The van der Waals surface area contributed by atoms with Crippen molar-refractivity contribution in [2.24, 2.45) is 11.8 Å². The molecule has 3 aliphatic rings. The van der Waals surface area contributed by atoms with Crippen molar-refractivity contribution in [3.05, 3.63) is 53.6 Å². The Labute approximate surface area is 145 Å². The van der Waals surface area contributed by atoms with Crippen molar-refractivity contribution in [1.82, 2.24) is 0 Å². The Kier molecular flexibility index (Phi) is 2.99. The van der Waals surface area contributed by atoms with Gasteiger partial charge < -0.3 is 0 Å². The van der Waals surface area contributed by atoms with Gasteiger partial charge in [0, 0.05) is 5.56 Å². The Morgan fingerprint density at radius 2 is 1.32 bits per heavy atom. The molecule has 2 fully saturated rings. The van der Waals surface area contributed by atoms with Crippen LogP contribution >= 0.6 is 0 Å². The molecule has 0 radical (unpaired) electrons. The van der Waals surface area contributed by atoms with E-state index < -0.39 is 0 Å². The molecule has 1 saturated heterocycles. The van der Waals surface area contributed by atoms with E-state index in [1.165, 1.54) is 4.90 Å². The molecule has 1 heterocycles. The summed E-state index contributed by atoms with van der Waals surface area (Å²) in [5, 5.41) is 0. The first-order valence-electron chi connectivity index (χ1n) is 8.83. The molecule has 1 aliphatic heterocycles. The normalized spacial score (nSPS) is 24.3. The van der Waals surface area contributed by atoms with Gasteiger partial charge in [0.1, 0.15) is 0 Å². The molecule has 2 unspecified atom stereocenters. The van der Waals surface area contributed by atoms with E-state index in [0.717, 1.165) is 36.8 Å². The largest absolute Gasteiger partial charge is 0.288 e. The third-order valence-electron chi connectivity index (χ3n) is 5.81. The molecule has 0 N–H and O–H groups in total. The van der Waals surface area contributed by atoms with Crippen molar-refractivity contribution in [3.8, 4) is 11.1 Å². The van der Waals surface area contributed by atoms with Crippen LogP contribution in [0.15, 0.2) is 42.5 Å². The summed E-state index contributed by atoms with van der Waals surface area (Å²) in [6, 6.07) is 12.9. The van der Waals surface area contributed by atoms with Crippen LogP contribution in [-0.2, 0) is 9.59 Å². The van der Waals surface area contributed by atoms with Crippen LogP contribution in [0.4, 0.5) is 5.69 Å². The van der Waals surface area contributed by atoms with E-state index in [4.69, 9.17) is 0 Å². The first-order valence-corrected chi connectivity index (χ1v) is 8.83. The molecule has 2 aromatic rings. The fourth-order valence-corrected chi connectivity index (χ4v) is 4.64. The lowest BCUT2D eigenvalue weighted by atomic mass is 9.81. The minimum atomic E-state index is -0.212. The minimum Gasteiger partial charge on any atom is -0.288 e. The summed E-state index contributed by atoms with van der Waals surface area (Å²) in [6.45, 7) is 0. The van der Waals surface area contributed by atoms with Crippen molar-refractivity contribution in [1.29, 1.82) is 0 Å². The number of imide groups is 1. The molecular formula is C21H17NO3. The van der Waals surface area contributed by atoms with Crippen LogP contribution < -0.4 is 4.90 Å². The van der Waals surface area contributed by atoms with Crippen LogP contribution in [0.25, 0.3) is 11.1 Å². The Hall–Kier alpha value is -2.75. The second kappa shape index (κ2) is 5.12. The highest BCUT2D eigenvalue weighted by molar-refractivity contribution is 6.30. The molecule has 2 atom stereocenters. The highest BCUT2D eigenvalue weighted by Crippen LogP contribution is 2.45. The highest BCUT2D eigenvalue weighted by atomic mass is 16.2. The summed E-state index contributed by atoms with van der Waals surface area (Å²) in [5.41, 5.74) is 3.28. The number of hydrogen-bond acceptors (Lipinski definition) is 3. The minimum absolute atomic E-state index is 0.100. The number of benzene rings is 2. The topological polar surface area (TPSA) is 54.5 Å². The van der Waals surface area contributed by atoms with Crippen molar-refractivity contribution >= 4 is 23.3 Å². The quantitative estimate of drug-likeness (QED) is 0.641. The summed E-state index contributed by atoms with van der Waals surface area (Å²) >= 11 is 0. The predicted octanol–water partition coefficient (Wildman–Crippen LogP) is 3.58. The molecule has 1 saturated carbocycles. The monoisotopic (exact) mass is 331 g/mol. The number of rotatable bonds is 1. The van der Waals surface area contributed by atoms with Gasteiger partial charge >= 0.3 is 0 Å². The van der Waals surface area contributed by atoms with Gasteiger partial charge in [-0.15, -0.1) is 0 Å². The molecule has 4 heteroatoms. The lowest BCUT2D eigenvalue weighted by molar-refractivity contribution is -0.122. The van der Waals surface area contributed by atoms with E-state index in [0.29, 0.717) is 16.8 Å². The fraction of sp³-hybridized carbons (Fsp3) is 0.286. The van der Waals surface area contributed by atoms with Crippen molar-refractivity contribution in [2.45, 2.75) is 25.7 Å². The van der Waals surface area contributed by atoms with Gasteiger partial charge in [-0.3, -0.25) is 14.4 Å². The summed E-state index contributed by atoms with van der Waals surface area (Å²) in [7, 11) is 0. The van der Waals surface area contributed by atoms with Gasteiger partial charge in [-0.1, -0.05) is 49.2 Å². The van der Waals surface area contributed by atoms with Gasteiger partial charge in [-0.2, -0.15) is 0 Å². The molecule has 25 heavy (non-hydrogen) atoms. The molecule has 2 amide bonds. The Morgan fingerprint density at radius 1 is 0.720 bits per heavy atom. The summed E-state index contributed by atoms with van der Waals surface area (Å²) in [6.07, 6.45) is 3.53. The molecule has 2 aliphatic carbocycles. The second-order valence-corrected chi connectivity index (χ2v) is 7.08. The van der Waals surface area contributed by atoms with Crippen LogP contribution in [0.2, 0.25) is 0 Å². The van der Waals surface area contributed by atoms with Crippen molar-refractivity contribution in [3.63, 3.8) is 0 Å². The average molecular weight is 331 g/mol. The van der Waals surface area contributed by atoms with E-state index in [2.05, 4.69) is 0 Å². The van der Waals surface area contributed by atoms with E-state index in [-0.39, 0.29) is 29.4 Å². The third kappa shape index (κ3) is 1.85. The first kappa shape index (κ1) is 14.6. The Balaban J connectivity index is 1.67. The standard InChI is InChI=1S/C21H17NO3/c23-19-14-7-2-1-6-12(14)13-10-5-11-17(18(13)19)22-20(24)15-8-3-4-9-16(15)21(22)25/h1-2,5-7,10-11,15-16H,3-4,8-9H2. The Morgan fingerprint density at radius 3 is 2.00 bits per heavy atom. The fourth-order valence-electron chi connectivity index (χ4n) is 4.64. The SMILES string of the molecule is O=C1c2ccccc2-c2cccc(N3C(=O)C4CCCCC4C3=O)c21. The number of ketones is 1. The predicted molar refractivity (Wildman–Crippen MR) is 93.3 cm³/mol. The maximum Gasteiger partial charge on any atom is 0.237 e. The van der Waals surface area contributed by atoms with Gasteiger partial charge in [0.25, 0.3) is 0 Å². The van der Waals surface area contributed by atoms with E-state index >= 15 is 0 Å². The van der Waals surface area contributed by atoms with Crippen LogP contribution in [0.5, 0.6) is 0 Å². The molecule has 124 valence electrons. The van der Waals surface area contributed by atoms with Crippen molar-refractivity contribution in [2.75, 3.05) is 4.90 Å². The number of carbonyl (C=O) groups excluding carboxylic acids is 3. The lowest BCUT2D eigenvalue weighted by Gasteiger charge is -2.19. The zero-order chi connectivity index (χ0) is 17.1. The molecule has 5 rings (SSSR count). The molecule has 2 aromatic carbocycles. The van der Waals surface area contributed by atoms with Gasteiger partial charge in [-0.25, -0.2) is 4.90 Å². The smallest absolute Gasteiger partial charge is 0.237 e. The zero-order valence-corrected chi connectivity index (χ0v) is 13.7. The van der Waals surface area contributed by atoms with Crippen LogP contribution in [-0.4, -0.2) is 17.6 Å². The molecule has 0 aromatic heterocycles. The van der Waals surface area contributed by atoms with Crippen LogP contribution in [0.3, 0.4) is 0 Å². The molecule has 0 spiro atoms. The van der Waals surface area contributed by atoms with E-state index in [1.54, 1.807) is 12.1 Å². The number of anilines is 1. The lowest BCUT2D eigenvalue weighted by Crippen LogP contribution is -2.32. The zero-order valence-electron chi connectivity index (χ0n) is 13.7. The first-order chi connectivity index (χ1) is 12.2. The summed E-state index contributed by atoms with van der Waals surface area (Å²) in [4.78, 5) is 40.1.